The number of rotatable bonds is 6. The number of hydrogen-bond donors (Lipinski definition) is 0. The molecule has 0 unspecified atom stereocenters. The smallest absolute Gasteiger partial charge is 0.0398 e. The quantitative estimate of drug-likeness (QED) is 0.247. The van der Waals surface area contributed by atoms with Crippen LogP contribution in [0.4, 0.5) is 0 Å². The monoisotopic (exact) mass is 341 g/mol. The number of aliphatic imine (C=N–C) groups is 1. The van der Waals surface area contributed by atoms with Gasteiger partial charge in [0.15, 0.2) is 0 Å². The topological polar surface area (TPSA) is 12.4 Å². The largest absolute Gasteiger partial charge is 0.293 e. The molecule has 132 valence electrons. The molecule has 0 amide bonds. The van der Waals surface area contributed by atoms with Crippen LogP contribution in [0.25, 0.3) is 11.1 Å². The minimum atomic E-state index is 0.821. The van der Waals surface area contributed by atoms with Gasteiger partial charge >= 0.3 is 0 Å². The highest BCUT2D eigenvalue weighted by atomic mass is 14.7. The van der Waals surface area contributed by atoms with Gasteiger partial charge in [-0.15, -0.1) is 0 Å². The van der Waals surface area contributed by atoms with Crippen LogP contribution in [-0.2, 0) is 0 Å². The van der Waals surface area contributed by atoms with Crippen molar-refractivity contribution < 1.29 is 0 Å². The summed E-state index contributed by atoms with van der Waals surface area (Å²) in [6, 6.07) is 18.8. The van der Waals surface area contributed by atoms with Crippen LogP contribution in [0.15, 0.2) is 82.9 Å². The van der Waals surface area contributed by atoms with E-state index in [1.807, 2.05) is 19.2 Å². The van der Waals surface area contributed by atoms with Crippen molar-refractivity contribution in [3.63, 3.8) is 0 Å². The van der Waals surface area contributed by atoms with E-state index in [-0.39, 0.29) is 0 Å². The van der Waals surface area contributed by atoms with Crippen LogP contribution >= 0.6 is 0 Å². The van der Waals surface area contributed by atoms with Crippen molar-refractivity contribution in [2.24, 2.45) is 4.99 Å². The van der Waals surface area contributed by atoms with E-state index in [1.165, 1.54) is 22.3 Å². The lowest BCUT2D eigenvalue weighted by Gasteiger charge is -2.00. The van der Waals surface area contributed by atoms with Crippen molar-refractivity contribution in [1.82, 2.24) is 0 Å². The molecule has 0 N–H and O–H groups in total. The number of nitrogens with zero attached hydrogens (tertiary/aromatic N) is 1. The molecule has 1 heteroatoms. The van der Waals surface area contributed by atoms with E-state index in [0.29, 0.717) is 0 Å². The number of unbranched alkanes of at least 4 members (excludes halogenated alkanes) is 1. The highest BCUT2D eigenvalue weighted by Gasteiger charge is 1.95. The molecule has 0 bridgehead atoms. The van der Waals surface area contributed by atoms with Crippen molar-refractivity contribution in [2.45, 2.75) is 33.6 Å². The first-order valence-electron chi connectivity index (χ1n) is 9.14. The van der Waals surface area contributed by atoms with Crippen LogP contribution in [0.3, 0.4) is 0 Å². The molecule has 0 aliphatic heterocycles. The maximum Gasteiger partial charge on any atom is 0.0398 e. The van der Waals surface area contributed by atoms with Crippen LogP contribution in [0.2, 0.25) is 0 Å². The molecule has 1 nitrogen and oxygen atoms in total. The SMILES string of the molecule is C/C=C(C)\C=C(\C)C=NCCCC#Cc1ccc(-c2ccccc2)cc1. The second kappa shape index (κ2) is 10.9. The van der Waals surface area contributed by atoms with Gasteiger partial charge in [0.25, 0.3) is 0 Å². The summed E-state index contributed by atoms with van der Waals surface area (Å²) >= 11 is 0. The fourth-order valence-corrected chi connectivity index (χ4v) is 2.49. The molecule has 0 aliphatic rings. The van der Waals surface area contributed by atoms with Gasteiger partial charge in [0, 0.05) is 24.7 Å². The summed E-state index contributed by atoms with van der Waals surface area (Å²) in [7, 11) is 0. The average Bonchev–Trinajstić information content (AvgIpc) is 2.68. The summed E-state index contributed by atoms with van der Waals surface area (Å²) in [6.07, 6.45) is 8.04. The van der Waals surface area contributed by atoms with Gasteiger partial charge in [0.05, 0.1) is 0 Å². The fraction of sp³-hybridized carbons (Fsp3) is 0.240. The summed E-state index contributed by atoms with van der Waals surface area (Å²) < 4.78 is 0. The lowest BCUT2D eigenvalue weighted by Crippen LogP contribution is -1.84. The second-order valence-corrected chi connectivity index (χ2v) is 6.31. The third-order valence-electron chi connectivity index (χ3n) is 4.02. The number of hydrogen-bond acceptors (Lipinski definition) is 1. The van der Waals surface area contributed by atoms with E-state index >= 15 is 0 Å². The molecule has 26 heavy (non-hydrogen) atoms. The van der Waals surface area contributed by atoms with E-state index in [0.717, 1.165) is 24.9 Å². The lowest BCUT2D eigenvalue weighted by atomic mass is 10.0. The highest BCUT2D eigenvalue weighted by Crippen LogP contribution is 2.18. The predicted molar refractivity (Wildman–Crippen MR) is 115 cm³/mol. The fourth-order valence-electron chi connectivity index (χ4n) is 2.49. The maximum absolute atomic E-state index is 4.46. The van der Waals surface area contributed by atoms with Crippen molar-refractivity contribution in [3.8, 4) is 23.0 Å². The summed E-state index contributed by atoms with van der Waals surface area (Å²) in [4.78, 5) is 4.46. The van der Waals surface area contributed by atoms with Crippen LogP contribution in [0, 0.1) is 11.8 Å². The van der Waals surface area contributed by atoms with Gasteiger partial charge in [-0.1, -0.05) is 72.0 Å². The first kappa shape index (κ1) is 19.5. The zero-order chi connectivity index (χ0) is 18.6. The molecule has 0 aromatic heterocycles. The zero-order valence-corrected chi connectivity index (χ0v) is 16.0. The maximum atomic E-state index is 4.46. The molecular weight excluding hydrogens is 314 g/mol. The van der Waals surface area contributed by atoms with E-state index in [4.69, 9.17) is 0 Å². The Balaban J connectivity index is 1.77. The molecule has 0 radical (unpaired) electrons. The molecule has 0 saturated heterocycles. The summed E-state index contributed by atoms with van der Waals surface area (Å²) in [5, 5.41) is 0. The minimum absolute atomic E-state index is 0.821. The average molecular weight is 341 g/mol. The summed E-state index contributed by atoms with van der Waals surface area (Å²) in [5.74, 6) is 6.48. The third-order valence-corrected chi connectivity index (χ3v) is 4.02. The van der Waals surface area contributed by atoms with E-state index in [2.05, 4.69) is 91.4 Å². The van der Waals surface area contributed by atoms with Crippen LogP contribution in [-0.4, -0.2) is 12.8 Å². The molecule has 0 spiro atoms. The Hall–Kier alpha value is -2.85. The molecule has 0 atom stereocenters. The van der Waals surface area contributed by atoms with Gasteiger partial charge in [0.2, 0.25) is 0 Å². The zero-order valence-electron chi connectivity index (χ0n) is 16.0. The molecule has 0 fully saturated rings. The number of allylic oxidation sites excluding steroid dienone is 4. The Bertz CT molecular complexity index is 825. The predicted octanol–water partition coefficient (Wildman–Crippen LogP) is 6.47. The van der Waals surface area contributed by atoms with E-state index in [9.17, 15) is 0 Å². The van der Waals surface area contributed by atoms with Crippen LogP contribution in [0.1, 0.15) is 39.2 Å². The normalized spacial score (nSPS) is 12.1. The Kier molecular flexibility index (Phi) is 8.16. The Morgan fingerprint density at radius 2 is 1.62 bits per heavy atom. The van der Waals surface area contributed by atoms with Gasteiger partial charge in [-0.3, -0.25) is 4.99 Å². The molecular formula is C25H27N. The molecule has 0 aliphatic carbocycles. The summed E-state index contributed by atoms with van der Waals surface area (Å²) in [6.45, 7) is 7.04. The van der Waals surface area contributed by atoms with Crippen molar-refractivity contribution in [1.29, 1.82) is 0 Å². The number of benzene rings is 2. The molecule has 2 aromatic carbocycles. The molecule has 0 saturated carbocycles. The second-order valence-electron chi connectivity index (χ2n) is 6.31. The highest BCUT2D eigenvalue weighted by molar-refractivity contribution is 5.78. The van der Waals surface area contributed by atoms with E-state index in [1.54, 1.807) is 0 Å². The van der Waals surface area contributed by atoms with Crippen LogP contribution in [0.5, 0.6) is 0 Å². The van der Waals surface area contributed by atoms with Crippen molar-refractivity contribution in [2.75, 3.05) is 6.54 Å². The standard InChI is InChI=1S/C25H27N/c1-4-21(2)19-22(3)20-26-18-10-6-7-11-23-14-16-25(17-15-23)24-12-8-5-9-13-24/h4-5,8-9,12-17,19-20H,6,10,18H2,1-3H3/b21-4-,22-19-,26-20?. The Labute approximate surface area is 158 Å². The van der Waals surface area contributed by atoms with Crippen LogP contribution < -0.4 is 0 Å². The minimum Gasteiger partial charge on any atom is -0.293 e. The first-order valence-corrected chi connectivity index (χ1v) is 9.14. The molecule has 2 rings (SSSR count). The van der Waals surface area contributed by atoms with Gasteiger partial charge in [-0.05, 0) is 56.0 Å². The van der Waals surface area contributed by atoms with Crippen molar-refractivity contribution in [3.05, 3.63) is 83.5 Å². The van der Waals surface area contributed by atoms with E-state index < -0.39 is 0 Å². The summed E-state index contributed by atoms with van der Waals surface area (Å²) in [5.41, 5.74) is 5.97. The molecule has 2 aromatic rings. The van der Waals surface area contributed by atoms with Gasteiger partial charge in [-0.2, -0.15) is 0 Å². The Morgan fingerprint density at radius 1 is 0.923 bits per heavy atom. The van der Waals surface area contributed by atoms with Gasteiger partial charge in [0.1, 0.15) is 0 Å². The van der Waals surface area contributed by atoms with Crippen molar-refractivity contribution >= 4 is 6.21 Å². The lowest BCUT2D eigenvalue weighted by molar-refractivity contribution is 0.873. The molecule has 0 heterocycles. The van der Waals surface area contributed by atoms with Gasteiger partial charge in [-0.25, -0.2) is 0 Å². The first-order chi connectivity index (χ1) is 12.7. The van der Waals surface area contributed by atoms with Gasteiger partial charge < -0.3 is 0 Å². The third kappa shape index (κ3) is 6.95. The Morgan fingerprint density at radius 3 is 2.31 bits per heavy atom.